The number of nitrogens with one attached hydrogen (secondary N) is 1. The second-order valence-electron chi connectivity index (χ2n) is 4.11. The van der Waals surface area contributed by atoms with Crippen LogP contribution in [-0.4, -0.2) is 29.4 Å². The Hall–Kier alpha value is -3.02. The zero-order valence-electron chi connectivity index (χ0n) is 11.3. The van der Waals surface area contributed by atoms with Crippen LogP contribution in [0, 0.1) is 0 Å². The summed E-state index contributed by atoms with van der Waals surface area (Å²) in [7, 11) is 1.44. The minimum Gasteiger partial charge on any atom is -0.507 e. The monoisotopic (exact) mass is 286 g/mol. The van der Waals surface area contributed by atoms with Crippen molar-refractivity contribution in [2.75, 3.05) is 7.11 Å². The van der Waals surface area contributed by atoms with Gasteiger partial charge in [0.25, 0.3) is 5.91 Å². The molecule has 1 amide bonds. The van der Waals surface area contributed by atoms with Crippen LogP contribution in [0.15, 0.2) is 47.6 Å². The molecule has 0 aliphatic rings. The summed E-state index contributed by atoms with van der Waals surface area (Å²) in [4.78, 5) is 11.8. The maximum absolute atomic E-state index is 11.8. The summed E-state index contributed by atoms with van der Waals surface area (Å²) < 4.78 is 4.97. The van der Waals surface area contributed by atoms with Crippen molar-refractivity contribution in [2.24, 2.45) is 5.10 Å². The lowest BCUT2D eigenvalue weighted by molar-refractivity contribution is 0.0952. The van der Waals surface area contributed by atoms with Gasteiger partial charge in [0.15, 0.2) is 11.5 Å². The van der Waals surface area contributed by atoms with Gasteiger partial charge >= 0.3 is 0 Å². The number of benzene rings is 2. The van der Waals surface area contributed by atoms with Crippen molar-refractivity contribution in [1.29, 1.82) is 0 Å². The molecule has 0 aliphatic heterocycles. The normalized spacial score (nSPS) is 10.5. The number of phenols is 2. The molecule has 2 rings (SSSR count). The van der Waals surface area contributed by atoms with Gasteiger partial charge in [0.2, 0.25) is 0 Å². The number of methoxy groups -OCH3 is 1. The van der Waals surface area contributed by atoms with Gasteiger partial charge in [-0.25, -0.2) is 5.43 Å². The van der Waals surface area contributed by atoms with Crippen molar-refractivity contribution in [2.45, 2.75) is 0 Å². The van der Waals surface area contributed by atoms with E-state index in [1.807, 2.05) is 0 Å². The highest BCUT2D eigenvalue weighted by Crippen LogP contribution is 2.27. The number of aromatic hydroxyl groups is 2. The molecule has 6 heteroatoms. The number of hydrazone groups is 1. The van der Waals surface area contributed by atoms with E-state index in [1.165, 1.54) is 25.5 Å². The number of nitrogens with zero attached hydrogens (tertiary/aromatic N) is 1. The minimum atomic E-state index is -0.549. The van der Waals surface area contributed by atoms with Crippen LogP contribution < -0.4 is 10.2 Å². The van der Waals surface area contributed by atoms with E-state index in [0.29, 0.717) is 11.3 Å². The number of amides is 1. The maximum atomic E-state index is 11.8. The van der Waals surface area contributed by atoms with Gasteiger partial charge in [0, 0.05) is 5.56 Å². The van der Waals surface area contributed by atoms with Gasteiger partial charge in [-0.2, -0.15) is 5.10 Å². The summed E-state index contributed by atoms with van der Waals surface area (Å²) in [5.74, 6) is -0.437. The number of para-hydroxylation sites is 2. The molecule has 108 valence electrons. The van der Waals surface area contributed by atoms with Crippen LogP contribution in [-0.2, 0) is 0 Å². The first-order valence-electron chi connectivity index (χ1n) is 6.11. The predicted molar refractivity (Wildman–Crippen MR) is 77.8 cm³/mol. The Morgan fingerprint density at radius 3 is 2.67 bits per heavy atom. The second kappa shape index (κ2) is 6.42. The summed E-state index contributed by atoms with van der Waals surface area (Å²) in [6.07, 6.45) is 1.29. The molecule has 21 heavy (non-hydrogen) atoms. The molecule has 0 aliphatic carbocycles. The van der Waals surface area contributed by atoms with E-state index in [-0.39, 0.29) is 17.1 Å². The van der Waals surface area contributed by atoms with Gasteiger partial charge in [-0.3, -0.25) is 4.79 Å². The summed E-state index contributed by atoms with van der Waals surface area (Å²) in [5, 5.41) is 23.1. The molecule has 6 nitrogen and oxygen atoms in total. The minimum absolute atomic E-state index is 0.0689. The lowest BCUT2D eigenvalue weighted by Crippen LogP contribution is -2.17. The Morgan fingerprint density at radius 1 is 1.19 bits per heavy atom. The first-order valence-corrected chi connectivity index (χ1v) is 6.11. The van der Waals surface area contributed by atoms with Crippen molar-refractivity contribution in [3.8, 4) is 17.2 Å². The molecule has 3 N–H and O–H groups in total. The van der Waals surface area contributed by atoms with Crippen molar-refractivity contribution in [3.63, 3.8) is 0 Å². The van der Waals surface area contributed by atoms with E-state index in [0.717, 1.165) is 0 Å². The van der Waals surface area contributed by atoms with Gasteiger partial charge < -0.3 is 14.9 Å². The first kappa shape index (κ1) is 14.4. The number of phenolic OH excluding ortho intramolecular Hbond substituents is 2. The topological polar surface area (TPSA) is 91.2 Å². The molecule has 0 saturated carbocycles. The molecule has 0 radical (unpaired) electrons. The lowest BCUT2D eigenvalue weighted by atomic mass is 10.2. The third-order valence-electron chi connectivity index (χ3n) is 2.77. The quantitative estimate of drug-likeness (QED) is 0.591. The molecule has 2 aromatic rings. The third-order valence-corrected chi connectivity index (χ3v) is 2.77. The zero-order valence-corrected chi connectivity index (χ0v) is 11.3. The van der Waals surface area contributed by atoms with Crippen LogP contribution >= 0.6 is 0 Å². The standard InChI is InChI=1S/C15H14N2O4/c1-21-13-8-4-5-10(14(13)19)9-16-17-15(20)11-6-2-3-7-12(11)18/h2-9,18-19H,1H3,(H,17,20)/b16-9-. The molecule has 0 bridgehead atoms. The van der Waals surface area contributed by atoms with Gasteiger partial charge in [0.05, 0.1) is 18.9 Å². The van der Waals surface area contributed by atoms with Crippen LogP contribution in [0.3, 0.4) is 0 Å². The Kier molecular flexibility index (Phi) is 4.40. The number of hydrogen-bond acceptors (Lipinski definition) is 5. The van der Waals surface area contributed by atoms with E-state index in [1.54, 1.807) is 30.3 Å². The summed E-state index contributed by atoms with van der Waals surface area (Å²) in [6, 6.07) is 11.0. The molecular formula is C15H14N2O4. The number of carbonyl (C=O) groups is 1. The fourth-order valence-electron chi connectivity index (χ4n) is 1.69. The van der Waals surface area contributed by atoms with Crippen LogP contribution in [0.5, 0.6) is 17.2 Å². The van der Waals surface area contributed by atoms with E-state index >= 15 is 0 Å². The Morgan fingerprint density at radius 2 is 1.95 bits per heavy atom. The summed E-state index contributed by atoms with van der Waals surface area (Å²) in [5.41, 5.74) is 2.78. The maximum Gasteiger partial charge on any atom is 0.275 e. The van der Waals surface area contributed by atoms with Crippen LogP contribution in [0.25, 0.3) is 0 Å². The van der Waals surface area contributed by atoms with Crippen molar-refractivity contribution < 1.29 is 19.7 Å². The Labute approximate surface area is 121 Å². The largest absolute Gasteiger partial charge is 0.507 e. The van der Waals surface area contributed by atoms with Gasteiger partial charge in [-0.05, 0) is 24.3 Å². The SMILES string of the molecule is COc1cccc(/C=N\NC(=O)c2ccccc2O)c1O. The Balaban J connectivity index is 2.10. The predicted octanol–water partition coefficient (Wildman–Crippen LogP) is 1.87. The first-order chi connectivity index (χ1) is 10.1. The molecule has 0 aromatic heterocycles. The Bertz CT molecular complexity index is 683. The van der Waals surface area contributed by atoms with Crippen LogP contribution in [0.4, 0.5) is 0 Å². The molecule has 0 fully saturated rings. The van der Waals surface area contributed by atoms with Gasteiger partial charge in [0.1, 0.15) is 5.75 Å². The molecule has 0 heterocycles. The molecule has 0 unspecified atom stereocenters. The highest BCUT2D eigenvalue weighted by molar-refractivity contribution is 5.97. The van der Waals surface area contributed by atoms with E-state index in [9.17, 15) is 15.0 Å². The van der Waals surface area contributed by atoms with Gasteiger partial charge in [-0.15, -0.1) is 0 Å². The van der Waals surface area contributed by atoms with Crippen LogP contribution in [0.1, 0.15) is 15.9 Å². The van der Waals surface area contributed by atoms with Gasteiger partial charge in [-0.1, -0.05) is 18.2 Å². The molecule has 2 aromatic carbocycles. The lowest BCUT2D eigenvalue weighted by Gasteiger charge is -2.05. The van der Waals surface area contributed by atoms with Crippen molar-refractivity contribution >= 4 is 12.1 Å². The van der Waals surface area contributed by atoms with E-state index < -0.39 is 5.91 Å². The van der Waals surface area contributed by atoms with E-state index in [4.69, 9.17) is 4.74 Å². The zero-order chi connectivity index (χ0) is 15.2. The number of rotatable bonds is 4. The molecule has 0 saturated heterocycles. The third kappa shape index (κ3) is 3.30. The highest BCUT2D eigenvalue weighted by Gasteiger charge is 2.09. The second-order valence-corrected chi connectivity index (χ2v) is 4.11. The van der Waals surface area contributed by atoms with Crippen molar-refractivity contribution in [1.82, 2.24) is 5.43 Å². The summed E-state index contributed by atoms with van der Waals surface area (Å²) >= 11 is 0. The average Bonchev–Trinajstić information content (AvgIpc) is 2.49. The highest BCUT2D eigenvalue weighted by atomic mass is 16.5. The average molecular weight is 286 g/mol. The molecular weight excluding hydrogens is 272 g/mol. The number of carbonyl (C=O) groups excluding carboxylic acids is 1. The van der Waals surface area contributed by atoms with E-state index in [2.05, 4.69) is 10.5 Å². The van der Waals surface area contributed by atoms with Crippen molar-refractivity contribution in [3.05, 3.63) is 53.6 Å². The smallest absolute Gasteiger partial charge is 0.275 e. The fourth-order valence-corrected chi connectivity index (χ4v) is 1.69. The summed E-state index contributed by atoms with van der Waals surface area (Å²) in [6.45, 7) is 0. The fraction of sp³-hybridized carbons (Fsp3) is 0.0667. The number of hydrogen-bond donors (Lipinski definition) is 3. The molecule has 0 atom stereocenters. The van der Waals surface area contributed by atoms with Crippen LogP contribution in [0.2, 0.25) is 0 Å². The number of ether oxygens (including phenoxy) is 1. The molecule has 0 spiro atoms.